The molecule has 24 heavy (non-hydrogen) atoms. The molecular formula is C16H19N5O2S. The number of rotatable bonds is 4. The van der Waals surface area contributed by atoms with E-state index in [0.717, 1.165) is 40.6 Å². The summed E-state index contributed by atoms with van der Waals surface area (Å²) < 4.78 is 2.02. The van der Waals surface area contributed by atoms with Crippen molar-refractivity contribution in [3.63, 3.8) is 0 Å². The molecule has 0 spiro atoms. The van der Waals surface area contributed by atoms with E-state index in [9.17, 15) is 9.59 Å². The number of nitrogens with zero attached hydrogens (tertiary/aromatic N) is 2. The van der Waals surface area contributed by atoms with E-state index in [1.807, 2.05) is 4.68 Å². The van der Waals surface area contributed by atoms with E-state index in [-0.39, 0.29) is 0 Å². The highest BCUT2D eigenvalue weighted by Crippen LogP contribution is 2.45. The van der Waals surface area contributed by atoms with Gasteiger partial charge in [0.1, 0.15) is 5.00 Å². The zero-order valence-electron chi connectivity index (χ0n) is 13.2. The van der Waals surface area contributed by atoms with Crippen LogP contribution in [0.15, 0.2) is 6.20 Å². The summed E-state index contributed by atoms with van der Waals surface area (Å²) in [6, 6.07) is -0.697. The first-order chi connectivity index (χ1) is 11.5. The van der Waals surface area contributed by atoms with Crippen LogP contribution in [0.4, 0.5) is 9.80 Å². The quantitative estimate of drug-likeness (QED) is 0.788. The second-order valence-electron chi connectivity index (χ2n) is 6.48. The summed E-state index contributed by atoms with van der Waals surface area (Å²) in [6.07, 6.45) is 7.37. The van der Waals surface area contributed by atoms with E-state index in [1.165, 1.54) is 30.6 Å². The lowest BCUT2D eigenvalue weighted by Gasteiger charge is -2.24. The van der Waals surface area contributed by atoms with Crippen molar-refractivity contribution < 1.29 is 9.59 Å². The van der Waals surface area contributed by atoms with Crippen molar-refractivity contribution in [1.29, 1.82) is 0 Å². The average Bonchev–Trinajstić information content (AvgIpc) is 3.01. The van der Waals surface area contributed by atoms with Crippen LogP contribution in [0.2, 0.25) is 0 Å². The van der Waals surface area contributed by atoms with Gasteiger partial charge in [0.25, 0.3) is 5.91 Å². The number of hydrogen-bond donors (Lipinski definition) is 3. The monoisotopic (exact) mass is 345 g/mol. The van der Waals surface area contributed by atoms with Crippen molar-refractivity contribution in [3.05, 3.63) is 23.0 Å². The number of aromatic nitrogens is 2. The highest BCUT2D eigenvalue weighted by molar-refractivity contribution is 7.20. The number of fused-ring (bicyclic) bond motifs is 3. The Balaban J connectivity index is 1.74. The van der Waals surface area contributed by atoms with Crippen LogP contribution in [0, 0.1) is 5.92 Å². The van der Waals surface area contributed by atoms with Gasteiger partial charge in [-0.15, -0.1) is 11.3 Å². The Morgan fingerprint density at radius 2 is 2.12 bits per heavy atom. The van der Waals surface area contributed by atoms with Crippen molar-refractivity contribution in [1.82, 2.24) is 9.78 Å². The number of aryl methyl sites for hydroxylation is 1. The van der Waals surface area contributed by atoms with E-state index in [0.29, 0.717) is 17.0 Å². The van der Waals surface area contributed by atoms with Crippen molar-refractivity contribution in [3.8, 4) is 10.4 Å². The molecule has 5 N–H and O–H groups in total. The van der Waals surface area contributed by atoms with E-state index < -0.39 is 11.9 Å². The van der Waals surface area contributed by atoms with Crippen LogP contribution < -0.4 is 16.8 Å². The molecule has 0 aliphatic heterocycles. The number of hydrogen-bond acceptors (Lipinski definition) is 4. The largest absolute Gasteiger partial charge is 0.365 e. The molecule has 0 saturated heterocycles. The van der Waals surface area contributed by atoms with Crippen molar-refractivity contribution in [2.45, 2.75) is 38.6 Å². The predicted molar refractivity (Wildman–Crippen MR) is 92.0 cm³/mol. The van der Waals surface area contributed by atoms with E-state index in [1.54, 1.807) is 0 Å². The van der Waals surface area contributed by atoms with Crippen LogP contribution in [-0.4, -0.2) is 21.7 Å². The van der Waals surface area contributed by atoms with E-state index in [4.69, 9.17) is 16.6 Å². The maximum atomic E-state index is 11.9. The Labute approximate surface area is 143 Å². The van der Waals surface area contributed by atoms with Gasteiger partial charge in [-0.25, -0.2) is 4.79 Å². The van der Waals surface area contributed by atoms with Crippen molar-refractivity contribution in [2.24, 2.45) is 17.4 Å². The summed E-state index contributed by atoms with van der Waals surface area (Å²) >= 11 is 1.35. The number of anilines is 1. The van der Waals surface area contributed by atoms with Gasteiger partial charge in [0.15, 0.2) is 0 Å². The molecule has 0 atom stereocenters. The minimum atomic E-state index is -0.697. The number of carbonyl (C=O) groups excluding carboxylic acids is 2. The lowest BCUT2D eigenvalue weighted by molar-refractivity contribution is 0.100. The molecule has 8 heteroatoms. The smallest absolute Gasteiger partial charge is 0.317 e. The van der Waals surface area contributed by atoms with Gasteiger partial charge in [-0.05, 0) is 37.2 Å². The zero-order chi connectivity index (χ0) is 16.8. The number of primary amides is 2. The maximum absolute atomic E-state index is 11.9. The molecule has 2 heterocycles. The standard InChI is InChI=1S/C16H19N5O2S/c17-14(22)12-9-4-5-11-10(13(9)24-15(12)19-16(18)23)7-21(20-11)6-8-2-1-3-8/h7-8H,1-6H2,(H2,17,22)(H3,18,19,23). The molecule has 0 aromatic carbocycles. The SMILES string of the molecule is NC(=O)Nc1sc2c(c1C(N)=O)CCc1nn(CC3CCC3)cc1-2. The molecule has 0 bridgehead atoms. The number of thiophene rings is 1. The van der Waals surface area contributed by atoms with Crippen LogP contribution in [0.25, 0.3) is 10.4 Å². The summed E-state index contributed by atoms with van der Waals surface area (Å²) in [4.78, 5) is 24.0. The number of amides is 3. The molecule has 7 nitrogen and oxygen atoms in total. The molecule has 4 rings (SSSR count). The third-order valence-corrected chi connectivity index (χ3v) is 6.04. The molecule has 2 aliphatic rings. The molecular weight excluding hydrogens is 326 g/mol. The molecule has 2 aliphatic carbocycles. The van der Waals surface area contributed by atoms with Crippen LogP contribution in [0.3, 0.4) is 0 Å². The highest BCUT2D eigenvalue weighted by Gasteiger charge is 2.30. The molecule has 0 radical (unpaired) electrons. The third kappa shape index (κ3) is 2.47. The lowest BCUT2D eigenvalue weighted by Crippen LogP contribution is -2.22. The second-order valence-corrected chi connectivity index (χ2v) is 7.50. The van der Waals surface area contributed by atoms with Gasteiger partial charge in [0.05, 0.1) is 11.3 Å². The number of carbonyl (C=O) groups is 2. The third-order valence-electron chi connectivity index (χ3n) is 4.85. The Kier molecular flexibility index (Phi) is 3.56. The predicted octanol–water partition coefficient (Wildman–Crippen LogP) is 2.10. The van der Waals surface area contributed by atoms with E-state index in [2.05, 4.69) is 11.5 Å². The Morgan fingerprint density at radius 1 is 1.33 bits per heavy atom. The minimum Gasteiger partial charge on any atom is -0.365 e. The maximum Gasteiger partial charge on any atom is 0.317 e. The molecule has 1 saturated carbocycles. The summed E-state index contributed by atoms with van der Waals surface area (Å²) in [6.45, 7) is 0.947. The van der Waals surface area contributed by atoms with Gasteiger partial charge < -0.3 is 11.5 Å². The fraction of sp³-hybridized carbons (Fsp3) is 0.438. The molecule has 126 valence electrons. The van der Waals surface area contributed by atoms with Gasteiger partial charge >= 0.3 is 6.03 Å². The first-order valence-corrected chi connectivity index (χ1v) is 8.93. The Morgan fingerprint density at radius 3 is 2.75 bits per heavy atom. The zero-order valence-corrected chi connectivity index (χ0v) is 14.0. The Bertz CT molecular complexity index is 834. The first-order valence-electron chi connectivity index (χ1n) is 8.11. The molecule has 0 unspecified atom stereocenters. The van der Waals surface area contributed by atoms with Gasteiger partial charge in [-0.1, -0.05) is 6.42 Å². The highest BCUT2D eigenvalue weighted by atomic mass is 32.1. The van der Waals surface area contributed by atoms with Gasteiger partial charge in [0.2, 0.25) is 0 Å². The van der Waals surface area contributed by atoms with Gasteiger partial charge in [-0.3, -0.25) is 14.8 Å². The summed E-state index contributed by atoms with van der Waals surface area (Å²) in [5.74, 6) is 0.184. The van der Waals surface area contributed by atoms with Crippen molar-refractivity contribution in [2.75, 3.05) is 5.32 Å². The van der Waals surface area contributed by atoms with Crippen LogP contribution >= 0.6 is 11.3 Å². The summed E-state index contributed by atoms with van der Waals surface area (Å²) in [5.41, 5.74) is 14.1. The fourth-order valence-electron chi connectivity index (χ4n) is 3.49. The number of nitrogens with one attached hydrogen (secondary N) is 1. The second kappa shape index (κ2) is 5.62. The van der Waals surface area contributed by atoms with Crippen LogP contribution in [0.1, 0.15) is 40.9 Å². The number of urea groups is 1. The summed E-state index contributed by atoms with van der Waals surface area (Å²) in [5, 5.41) is 7.67. The number of nitrogens with two attached hydrogens (primary N) is 2. The van der Waals surface area contributed by atoms with Gasteiger partial charge in [0, 0.05) is 23.2 Å². The molecule has 1 fully saturated rings. The molecule has 3 amide bonds. The Hall–Kier alpha value is -2.35. The van der Waals surface area contributed by atoms with Crippen LogP contribution in [-0.2, 0) is 19.4 Å². The topological polar surface area (TPSA) is 116 Å². The van der Waals surface area contributed by atoms with E-state index >= 15 is 0 Å². The lowest BCUT2D eigenvalue weighted by atomic mass is 9.85. The molecule has 2 aromatic heterocycles. The molecule has 2 aromatic rings. The summed E-state index contributed by atoms with van der Waals surface area (Å²) in [7, 11) is 0. The average molecular weight is 345 g/mol. The fourth-order valence-corrected chi connectivity index (χ4v) is 4.78. The normalized spacial score (nSPS) is 16.2. The van der Waals surface area contributed by atoms with Crippen molar-refractivity contribution >= 4 is 28.3 Å². The minimum absolute atomic E-state index is 0.381. The van der Waals surface area contributed by atoms with Crippen LogP contribution in [0.5, 0.6) is 0 Å². The van der Waals surface area contributed by atoms with Gasteiger partial charge in [-0.2, -0.15) is 5.10 Å². The first kappa shape index (κ1) is 15.2.